The van der Waals surface area contributed by atoms with Crippen molar-refractivity contribution in [3.05, 3.63) is 79.4 Å². The minimum absolute atomic E-state index is 0.0106. The number of fused-ring (bicyclic) bond motifs is 1. The molecule has 174 valence electrons. The monoisotopic (exact) mass is 497 g/mol. The van der Waals surface area contributed by atoms with Crippen molar-refractivity contribution < 1.29 is 18.4 Å². The van der Waals surface area contributed by atoms with E-state index in [-0.39, 0.29) is 24.8 Å². The molecule has 0 aromatic heterocycles. The number of aliphatic imine (C=N–C) groups is 1. The second-order valence-electron chi connectivity index (χ2n) is 7.39. The zero-order valence-electron chi connectivity index (χ0n) is 18.0. The topological polar surface area (TPSA) is 61.8 Å². The Bertz CT molecular complexity index is 1240. The molecule has 3 aromatic rings. The van der Waals surface area contributed by atoms with E-state index in [0.29, 0.717) is 33.2 Å². The molecule has 1 aliphatic rings. The third-order valence-corrected chi connectivity index (χ3v) is 6.95. The van der Waals surface area contributed by atoms with Crippen LogP contribution in [0.5, 0.6) is 0 Å². The van der Waals surface area contributed by atoms with Crippen LogP contribution < -0.4 is 5.32 Å². The number of carbonyl (C=O) groups is 2. The quantitative estimate of drug-likeness (QED) is 0.293. The second-order valence-corrected chi connectivity index (χ2v) is 9.62. The summed E-state index contributed by atoms with van der Waals surface area (Å²) in [6.07, 6.45) is 1.58. The average Bonchev–Trinajstić information content (AvgIpc) is 3.09. The summed E-state index contributed by atoms with van der Waals surface area (Å²) in [6, 6.07) is 19.8. The highest BCUT2D eigenvalue weighted by molar-refractivity contribution is 8.15. The first-order chi connectivity index (χ1) is 16.4. The summed E-state index contributed by atoms with van der Waals surface area (Å²) in [6.45, 7) is 3.95. The predicted molar refractivity (Wildman–Crippen MR) is 136 cm³/mol. The van der Waals surface area contributed by atoms with Gasteiger partial charge < -0.3 is 5.32 Å². The minimum atomic E-state index is -2.50. The van der Waals surface area contributed by atoms with Crippen molar-refractivity contribution in [3.63, 3.8) is 0 Å². The molecule has 5 nitrogen and oxygen atoms in total. The minimum Gasteiger partial charge on any atom is -0.325 e. The Morgan fingerprint density at radius 3 is 2.62 bits per heavy atom. The van der Waals surface area contributed by atoms with E-state index in [1.54, 1.807) is 30.3 Å². The normalized spacial score (nSPS) is 17.0. The number of nitrogens with zero attached hydrogens (tertiary/aromatic N) is 2. The fourth-order valence-electron chi connectivity index (χ4n) is 3.54. The third kappa shape index (κ3) is 5.66. The standard InChI is InChI=1S/C25H21F2N3O2S2/c1-2-14-30-23(32)21(34-25(30)28-17-10-12-18(13-11-17)33-24(26)27)15-22(31)29-20-9-5-7-16-6-3-4-8-19(16)20/h2-13,21,24H,1,14-15H2,(H,29,31). The maximum Gasteiger partial charge on any atom is 0.288 e. The van der Waals surface area contributed by atoms with Gasteiger partial charge in [0.25, 0.3) is 5.76 Å². The summed E-state index contributed by atoms with van der Waals surface area (Å²) in [4.78, 5) is 32.2. The summed E-state index contributed by atoms with van der Waals surface area (Å²) in [7, 11) is 0. The molecule has 34 heavy (non-hydrogen) atoms. The average molecular weight is 498 g/mol. The van der Waals surface area contributed by atoms with Gasteiger partial charge in [0.15, 0.2) is 5.17 Å². The van der Waals surface area contributed by atoms with Crippen molar-refractivity contribution in [1.29, 1.82) is 0 Å². The van der Waals surface area contributed by atoms with Gasteiger partial charge in [0.1, 0.15) is 5.25 Å². The van der Waals surface area contributed by atoms with E-state index in [2.05, 4.69) is 16.9 Å². The molecule has 1 unspecified atom stereocenters. The van der Waals surface area contributed by atoms with Gasteiger partial charge in [-0.05, 0) is 35.7 Å². The Kier molecular flexibility index (Phi) is 7.64. The van der Waals surface area contributed by atoms with Crippen molar-refractivity contribution in [2.24, 2.45) is 4.99 Å². The lowest BCUT2D eigenvalue weighted by molar-refractivity contribution is -0.127. The number of benzene rings is 3. The fraction of sp³-hybridized carbons (Fsp3) is 0.160. The molecule has 1 heterocycles. The summed E-state index contributed by atoms with van der Waals surface area (Å²) >= 11 is 1.67. The third-order valence-electron chi connectivity index (χ3n) is 5.05. The fourth-order valence-corrected chi connectivity index (χ4v) is 5.20. The van der Waals surface area contributed by atoms with Gasteiger partial charge in [-0.3, -0.25) is 14.5 Å². The Balaban J connectivity index is 1.48. The maximum atomic E-state index is 13.0. The van der Waals surface area contributed by atoms with Gasteiger partial charge >= 0.3 is 0 Å². The predicted octanol–water partition coefficient (Wildman–Crippen LogP) is 6.30. The van der Waals surface area contributed by atoms with E-state index in [9.17, 15) is 18.4 Å². The van der Waals surface area contributed by atoms with Crippen LogP contribution >= 0.6 is 23.5 Å². The Morgan fingerprint density at radius 2 is 1.88 bits per heavy atom. The number of anilines is 1. The van der Waals surface area contributed by atoms with E-state index in [0.717, 1.165) is 10.8 Å². The molecule has 1 atom stereocenters. The number of hydrogen-bond donors (Lipinski definition) is 1. The van der Waals surface area contributed by atoms with Gasteiger partial charge in [-0.15, -0.1) is 6.58 Å². The van der Waals surface area contributed by atoms with Crippen LogP contribution in [0.4, 0.5) is 20.2 Å². The molecule has 4 rings (SSSR count). The molecule has 1 aliphatic heterocycles. The number of rotatable bonds is 8. The second kappa shape index (κ2) is 10.8. The SMILES string of the molecule is C=CCN1C(=O)C(CC(=O)Nc2cccc3ccccc23)SC1=Nc1ccc(SC(F)F)cc1. The molecule has 0 spiro atoms. The molecule has 0 bridgehead atoms. The van der Waals surface area contributed by atoms with Crippen molar-refractivity contribution in [2.75, 3.05) is 11.9 Å². The largest absolute Gasteiger partial charge is 0.325 e. The summed E-state index contributed by atoms with van der Waals surface area (Å²) in [5.74, 6) is -2.99. The Morgan fingerprint density at radius 1 is 1.15 bits per heavy atom. The molecule has 9 heteroatoms. The van der Waals surface area contributed by atoms with E-state index < -0.39 is 11.0 Å². The summed E-state index contributed by atoms with van der Waals surface area (Å²) < 4.78 is 25.1. The van der Waals surface area contributed by atoms with Crippen molar-refractivity contribution in [1.82, 2.24) is 4.90 Å². The van der Waals surface area contributed by atoms with E-state index in [4.69, 9.17) is 0 Å². The van der Waals surface area contributed by atoms with Crippen LogP contribution in [0, 0.1) is 0 Å². The molecule has 3 aromatic carbocycles. The van der Waals surface area contributed by atoms with Gasteiger partial charge in [-0.1, -0.05) is 66.0 Å². The number of hydrogen-bond acceptors (Lipinski definition) is 5. The number of halogens is 2. The van der Waals surface area contributed by atoms with Crippen LogP contribution in [0.1, 0.15) is 6.42 Å². The molecule has 1 fully saturated rings. The number of amidine groups is 1. The van der Waals surface area contributed by atoms with Crippen LogP contribution in [0.3, 0.4) is 0 Å². The van der Waals surface area contributed by atoms with Crippen molar-refractivity contribution in [3.8, 4) is 0 Å². The molecular formula is C25H21F2N3O2S2. The lowest BCUT2D eigenvalue weighted by Gasteiger charge is -2.14. The highest BCUT2D eigenvalue weighted by Gasteiger charge is 2.38. The molecule has 0 radical (unpaired) electrons. The molecule has 0 aliphatic carbocycles. The van der Waals surface area contributed by atoms with E-state index >= 15 is 0 Å². The zero-order valence-corrected chi connectivity index (χ0v) is 19.6. The first-order valence-corrected chi connectivity index (χ1v) is 12.2. The van der Waals surface area contributed by atoms with Gasteiger partial charge in [0, 0.05) is 28.9 Å². The maximum absolute atomic E-state index is 13.0. The van der Waals surface area contributed by atoms with Crippen LogP contribution in [0.25, 0.3) is 10.8 Å². The highest BCUT2D eigenvalue weighted by atomic mass is 32.2. The molecule has 1 N–H and O–H groups in total. The van der Waals surface area contributed by atoms with Crippen molar-refractivity contribution in [2.45, 2.75) is 22.3 Å². The molecule has 0 saturated carbocycles. The van der Waals surface area contributed by atoms with Gasteiger partial charge in [-0.25, -0.2) is 4.99 Å². The molecule has 1 saturated heterocycles. The number of thioether (sulfide) groups is 2. The summed E-state index contributed by atoms with van der Waals surface area (Å²) in [5, 5.41) is 4.68. The lowest BCUT2D eigenvalue weighted by atomic mass is 10.1. The van der Waals surface area contributed by atoms with E-state index in [1.165, 1.54) is 16.7 Å². The van der Waals surface area contributed by atoms with Gasteiger partial charge in [0.2, 0.25) is 11.8 Å². The van der Waals surface area contributed by atoms with E-state index in [1.807, 2.05) is 42.5 Å². The number of carbonyl (C=O) groups excluding carboxylic acids is 2. The van der Waals surface area contributed by atoms with Crippen molar-refractivity contribution >= 4 is 62.7 Å². The highest BCUT2D eigenvalue weighted by Crippen LogP contribution is 2.33. The van der Waals surface area contributed by atoms with Crippen LogP contribution in [-0.4, -0.2) is 39.4 Å². The Labute approximate surface area is 204 Å². The van der Waals surface area contributed by atoms with Gasteiger partial charge in [0.05, 0.1) is 5.69 Å². The smallest absolute Gasteiger partial charge is 0.288 e. The van der Waals surface area contributed by atoms with Crippen LogP contribution in [-0.2, 0) is 9.59 Å². The van der Waals surface area contributed by atoms with Crippen LogP contribution in [0.2, 0.25) is 0 Å². The zero-order chi connectivity index (χ0) is 24.1. The lowest BCUT2D eigenvalue weighted by Crippen LogP contribution is -2.33. The Hall–Kier alpha value is -3.17. The van der Waals surface area contributed by atoms with Crippen LogP contribution in [0.15, 0.2) is 89.3 Å². The first-order valence-electron chi connectivity index (χ1n) is 10.4. The summed E-state index contributed by atoms with van der Waals surface area (Å²) in [5.41, 5.74) is 1.22. The first kappa shape index (κ1) is 24.0. The molecule has 2 amide bonds. The van der Waals surface area contributed by atoms with Gasteiger partial charge in [-0.2, -0.15) is 8.78 Å². The number of nitrogens with one attached hydrogen (secondary N) is 1. The molecular weight excluding hydrogens is 476 g/mol. The number of alkyl halides is 2. The number of amides is 2.